The third-order valence-electron chi connectivity index (χ3n) is 4.98. The van der Waals surface area contributed by atoms with Crippen LogP contribution in [0.2, 0.25) is 0 Å². The average Bonchev–Trinajstić information content (AvgIpc) is 3.00. The predicted molar refractivity (Wildman–Crippen MR) is 100 cm³/mol. The maximum absolute atomic E-state index is 12.3. The van der Waals surface area contributed by atoms with Crippen LogP contribution in [0.1, 0.15) is 43.4 Å². The number of pyridine rings is 1. The summed E-state index contributed by atoms with van der Waals surface area (Å²) in [6.45, 7) is 4.71. The van der Waals surface area contributed by atoms with Crippen LogP contribution in [0.5, 0.6) is 0 Å². The highest BCUT2D eigenvalue weighted by atomic mass is 16.2. The third-order valence-corrected chi connectivity index (χ3v) is 4.98. The van der Waals surface area contributed by atoms with Gasteiger partial charge in [0.25, 0.3) is 0 Å². The highest BCUT2D eigenvalue weighted by Gasteiger charge is 2.31. The van der Waals surface area contributed by atoms with E-state index in [1.165, 1.54) is 5.56 Å². The van der Waals surface area contributed by atoms with Crippen molar-refractivity contribution < 1.29 is 4.79 Å². The van der Waals surface area contributed by atoms with Crippen LogP contribution in [0.15, 0.2) is 54.7 Å². The van der Waals surface area contributed by atoms with E-state index in [9.17, 15) is 4.79 Å². The van der Waals surface area contributed by atoms with Gasteiger partial charge in [-0.25, -0.2) is 0 Å². The number of nitrogens with zero attached hydrogens (tertiary/aromatic N) is 2. The Bertz CT molecular complexity index is 659. The minimum absolute atomic E-state index is 0.303. The lowest BCUT2D eigenvalue weighted by Crippen LogP contribution is -2.37. The van der Waals surface area contributed by atoms with Crippen LogP contribution >= 0.6 is 0 Å². The number of carbonyl (C=O) groups excluding carboxylic acids is 1. The number of hydrogen-bond donors (Lipinski definition) is 1. The molecule has 1 fully saturated rings. The number of amides is 1. The first-order valence-electron chi connectivity index (χ1n) is 9.19. The Morgan fingerprint density at radius 3 is 2.76 bits per heavy atom. The summed E-state index contributed by atoms with van der Waals surface area (Å²) in [6.07, 6.45) is 4.48. The first-order valence-corrected chi connectivity index (χ1v) is 9.19. The second-order valence-electron chi connectivity index (χ2n) is 6.84. The first kappa shape index (κ1) is 17.6. The molecule has 0 saturated carbocycles. The van der Waals surface area contributed by atoms with Crippen LogP contribution < -0.4 is 5.32 Å². The van der Waals surface area contributed by atoms with Crippen molar-refractivity contribution in [3.05, 3.63) is 66.0 Å². The molecule has 0 radical (unpaired) electrons. The summed E-state index contributed by atoms with van der Waals surface area (Å²) in [5, 5.41) is 3.45. The van der Waals surface area contributed by atoms with Crippen molar-refractivity contribution in [2.45, 2.75) is 44.7 Å². The second kappa shape index (κ2) is 8.77. The molecule has 132 valence electrons. The molecule has 0 aliphatic carbocycles. The Labute approximate surface area is 150 Å². The van der Waals surface area contributed by atoms with Gasteiger partial charge in [0.15, 0.2) is 0 Å². The zero-order valence-electron chi connectivity index (χ0n) is 14.9. The molecular formula is C21H27N3O. The molecule has 2 atom stereocenters. The molecule has 4 heteroatoms. The molecule has 0 unspecified atom stereocenters. The van der Waals surface area contributed by atoms with E-state index in [2.05, 4.69) is 46.4 Å². The smallest absolute Gasteiger partial charge is 0.222 e. The van der Waals surface area contributed by atoms with E-state index in [0.717, 1.165) is 38.2 Å². The first-order chi connectivity index (χ1) is 12.2. The van der Waals surface area contributed by atoms with E-state index in [-0.39, 0.29) is 0 Å². The molecule has 1 saturated heterocycles. The summed E-state index contributed by atoms with van der Waals surface area (Å²) >= 11 is 0. The van der Waals surface area contributed by atoms with Crippen molar-refractivity contribution in [1.29, 1.82) is 0 Å². The second-order valence-corrected chi connectivity index (χ2v) is 6.84. The summed E-state index contributed by atoms with van der Waals surface area (Å²) in [5.74, 6) is 0.671. The van der Waals surface area contributed by atoms with Crippen LogP contribution in [0, 0.1) is 0 Å². The van der Waals surface area contributed by atoms with Gasteiger partial charge in [0.2, 0.25) is 5.91 Å². The van der Waals surface area contributed by atoms with Crippen molar-refractivity contribution in [2.24, 2.45) is 0 Å². The van der Waals surface area contributed by atoms with E-state index in [1.54, 1.807) is 0 Å². The monoisotopic (exact) mass is 337 g/mol. The maximum atomic E-state index is 12.3. The van der Waals surface area contributed by atoms with Crippen molar-refractivity contribution in [3.63, 3.8) is 0 Å². The molecule has 1 aromatic heterocycles. The molecule has 2 heterocycles. The molecule has 2 aromatic rings. The molecule has 25 heavy (non-hydrogen) atoms. The Morgan fingerprint density at radius 2 is 2.00 bits per heavy atom. The molecule has 1 amide bonds. The summed E-state index contributed by atoms with van der Waals surface area (Å²) in [6, 6.07) is 16.8. The van der Waals surface area contributed by atoms with Crippen LogP contribution in [-0.4, -0.2) is 34.9 Å². The lowest BCUT2D eigenvalue weighted by molar-refractivity contribution is -0.129. The summed E-state index contributed by atoms with van der Waals surface area (Å²) < 4.78 is 0. The molecule has 0 spiro atoms. The highest BCUT2D eigenvalue weighted by molar-refractivity contribution is 5.78. The van der Waals surface area contributed by atoms with E-state index in [0.29, 0.717) is 24.3 Å². The minimum Gasteiger partial charge on any atom is -0.339 e. The van der Waals surface area contributed by atoms with Gasteiger partial charge in [-0.1, -0.05) is 43.3 Å². The highest BCUT2D eigenvalue weighted by Crippen LogP contribution is 2.25. The Balaban J connectivity index is 1.48. The molecule has 1 N–H and O–H groups in total. The van der Waals surface area contributed by atoms with Gasteiger partial charge in [0.05, 0.1) is 5.69 Å². The van der Waals surface area contributed by atoms with Crippen molar-refractivity contribution >= 4 is 5.91 Å². The van der Waals surface area contributed by atoms with Gasteiger partial charge in [0, 0.05) is 31.7 Å². The molecule has 0 bridgehead atoms. The van der Waals surface area contributed by atoms with Crippen molar-refractivity contribution in [3.8, 4) is 0 Å². The topological polar surface area (TPSA) is 45.2 Å². The Morgan fingerprint density at radius 1 is 1.20 bits per heavy atom. The number of nitrogens with one attached hydrogen (secondary N) is 1. The molecule has 3 rings (SSSR count). The Hall–Kier alpha value is -2.20. The molecule has 1 aliphatic heterocycles. The lowest BCUT2D eigenvalue weighted by atomic mass is 10.00. The van der Waals surface area contributed by atoms with Gasteiger partial charge in [-0.3, -0.25) is 9.78 Å². The zero-order chi connectivity index (χ0) is 17.5. The van der Waals surface area contributed by atoms with E-state index in [4.69, 9.17) is 0 Å². The van der Waals surface area contributed by atoms with Crippen molar-refractivity contribution in [2.75, 3.05) is 13.1 Å². The Kier molecular flexibility index (Phi) is 6.18. The van der Waals surface area contributed by atoms with E-state index in [1.807, 2.05) is 30.5 Å². The molecular weight excluding hydrogens is 310 g/mol. The van der Waals surface area contributed by atoms with Crippen molar-refractivity contribution in [1.82, 2.24) is 15.2 Å². The lowest BCUT2D eigenvalue weighted by Gasteiger charge is -2.28. The fourth-order valence-corrected chi connectivity index (χ4v) is 3.51. The van der Waals surface area contributed by atoms with Gasteiger partial charge in [-0.05, 0) is 43.0 Å². The predicted octanol–water partition coefficient (Wildman–Crippen LogP) is 3.36. The minimum atomic E-state index is 0.303. The molecule has 1 aromatic carbocycles. The summed E-state index contributed by atoms with van der Waals surface area (Å²) in [5.41, 5.74) is 2.36. The molecule has 1 aliphatic rings. The van der Waals surface area contributed by atoms with E-state index >= 15 is 0 Å². The van der Waals surface area contributed by atoms with Gasteiger partial charge in [-0.15, -0.1) is 0 Å². The largest absolute Gasteiger partial charge is 0.339 e. The van der Waals surface area contributed by atoms with Crippen LogP contribution in [0.25, 0.3) is 0 Å². The number of likely N-dealkylation sites (tertiary alicyclic amines) is 1. The molecule has 4 nitrogen and oxygen atoms in total. The fraction of sp³-hybridized carbons (Fsp3) is 0.429. The maximum Gasteiger partial charge on any atom is 0.222 e. The number of hydrogen-bond acceptors (Lipinski definition) is 3. The quantitative estimate of drug-likeness (QED) is 0.751. The van der Waals surface area contributed by atoms with Gasteiger partial charge in [0.1, 0.15) is 0 Å². The van der Waals surface area contributed by atoms with Gasteiger partial charge in [-0.2, -0.15) is 0 Å². The zero-order valence-corrected chi connectivity index (χ0v) is 14.9. The number of aromatic nitrogens is 1. The van der Waals surface area contributed by atoms with Gasteiger partial charge < -0.3 is 10.2 Å². The third kappa shape index (κ3) is 4.89. The summed E-state index contributed by atoms with van der Waals surface area (Å²) in [7, 11) is 0. The standard InChI is InChI=1S/C21H27N3O/c1-17(18-7-3-2-4-8-18)16-24-20(10-11-21(24)25)12-14-22-15-19-9-5-6-13-23-19/h2-9,13,17,20,22H,10-12,14-16H2,1H3/t17-,20-/m0/s1. The van der Waals surface area contributed by atoms with Crippen LogP contribution in [0.4, 0.5) is 0 Å². The number of carbonyl (C=O) groups is 1. The average molecular weight is 337 g/mol. The SMILES string of the molecule is C[C@@H](CN1C(=O)CC[C@H]1CCNCc1ccccn1)c1ccccc1. The van der Waals surface area contributed by atoms with Crippen LogP contribution in [-0.2, 0) is 11.3 Å². The van der Waals surface area contributed by atoms with Crippen LogP contribution in [0.3, 0.4) is 0 Å². The summed E-state index contributed by atoms with van der Waals surface area (Å²) in [4.78, 5) is 18.7. The fourth-order valence-electron chi connectivity index (χ4n) is 3.51. The van der Waals surface area contributed by atoms with E-state index < -0.39 is 0 Å². The van der Waals surface area contributed by atoms with Gasteiger partial charge >= 0.3 is 0 Å². The normalized spacial score (nSPS) is 18.5. The number of benzene rings is 1. The number of rotatable bonds is 8.